The average Bonchev–Trinajstić information content (AvgIpc) is 3.44. The van der Waals surface area contributed by atoms with Crippen molar-refractivity contribution < 1.29 is 28.8 Å². The quantitative estimate of drug-likeness (QED) is 0.304. The summed E-state index contributed by atoms with van der Waals surface area (Å²) in [5.74, 6) is -0.739. The van der Waals surface area contributed by atoms with Gasteiger partial charge in [0, 0.05) is 4.91 Å². The second kappa shape index (κ2) is 10.6. The zero-order valence-corrected chi connectivity index (χ0v) is 18.6. The van der Waals surface area contributed by atoms with Crippen molar-refractivity contribution in [2.75, 3.05) is 13.2 Å². The summed E-state index contributed by atoms with van der Waals surface area (Å²) >= 11 is 0. The van der Waals surface area contributed by atoms with Crippen molar-refractivity contribution >= 4 is 0 Å². The van der Waals surface area contributed by atoms with Gasteiger partial charge in [0.05, 0.1) is 45.2 Å². The number of fused-ring (bicyclic) bond motifs is 1. The van der Waals surface area contributed by atoms with Gasteiger partial charge in [-0.3, -0.25) is 0 Å². The van der Waals surface area contributed by atoms with Crippen LogP contribution in [-0.4, -0.2) is 69.7 Å². The van der Waals surface area contributed by atoms with Crippen LogP contribution in [0.2, 0.25) is 0 Å². The molecule has 2 aromatic rings. The van der Waals surface area contributed by atoms with Crippen LogP contribution >= 0.6 is 0 Å². The van der Waals surface area contributed by atoms with Crippen molar-refractivity contribution in [3.8, 4) is 0 Å². The molecule has 2 saturated heterocycles. The number of hydrogen-bond acceptors (Lipinski definition) is 9. The summed E-state index contributed by atoms with van der Waals surface area (Å²) in [4.78, 5) is 2.63. The molecule has 1 unspecified atom stereocenters. The molecule has 0 bridgehead atoms. The van der Waals surface area contributed by atoms with Gasteiger partial charge in [0.2, 0.25) is 0 Å². The average molecular weight is 460 g/mol. The minimum absolute atomic E-state index is 0.0329. The van der Waals surface area contributed by atoms with Crippen LogP contribution in [0.1, 0.15) is 25.1 Å². The van der Waals surface area contributed by atoms with Crippen LogP contribution in [0, 0.1) is 0 Å². The Morgan fingerprint density at radius 1 is 1.27 bits per heavy atom. The third kappa shape index (κ3) is 6.27. The largest absolute Gasteiger partial charge is 0.391 e. The van der Waals surface area contributed by atoms with Crippen LogP contribution < -0.4 is 0 Å². The third-order valence-electron chi connectivity index (χ3n) is 5.24. The molecule has 4 rings (SSSR count). The van der Waals surface area contributed by atoms with Gasteiger partial charge in [0.15, 0.2) is 12.1 Å². The molecule has 12 nitrogen and oxygen atoms in total. The molecule has 0 radical (unpaired) electrons. The Kier molecular flexibility index (Phi) is 7.56. The summed E-state index contributed by atoms with van der Waals surface area (Å²) in [6.07, 6.45) is -0.774. The fourth-order valence-electron chi connectivity index (χ4n) is 3.83. The van der Waals surface area contributed by atoms with Gasteiger partial charge in [-0.25, -0.2) is 4.68 Å². The fourth-order valence-corrected chi connectivity index (χ4v) is 3.83. The van der Waals surface area contributed by atoms with Gasteiger partial charge in [-0.1, -0.05) is 40.7 Å². The maximum atomic E-state index is 9.80. The number of azide groups is 1. The van der Waals surface area contributed by atoms with Gasteiger partial charge >= 0.3 is 0 Å². The summed E-state index contributed by atoms with van der Waals surface area (Å²) in [6.45, 7) is 4.72. The lowest BCUT2D eigenvalue weighted by molar-refractivity contribution is -0.225. The molecule has 0 amide bonds. The SMILES string of the molecule is CC1(C)O[C@H]2O[C@H](COCc3cn(CC(O)CN=[N+]=[N-])nn3)[C@H](OCc3ccccc3)[C@H]2O1. The Labute approximate surface area is 191 Å². The number of hydrogen-bond donors (Lipinski definition) is 1. The predicted octanol–water partition coefficient (Wildman–Crippen LogP) is 1.93. The van der Waals surface area contributed by atoms with E-state index in [4.69, 9.17) is 29.2 Å². The Bertz CT molecular complexity index is 950. The maximum absolute atomic E-state index is 9.80. The molecule has 0 spiro atoms. The van der Waals surface area contributed by atoms with E-state index in [0.29, 0.717) is 12.3 Å². The molecule has 5 atom stereocenters. The number of aromatic nitrogens is 3. The molecule has 178 valence electrons. The number of nitrogens with zero attached hydrogens (tertiary/aromatic N) is 6. The van der Waals surface area contributed by atoms with Crippen molar-refractivity contribution in [3.05, 3.63) is 58.2 Å². The van der Waals surface area contributed by atoms with Gasteiger partial charge in [-0.05, 0) is 24.9 Å². The molecule has 3 heterocycles. The highest BCUT2D eigenvalue weighted by molar-refractivity contribution is 5.13. The van der Waals surface area contributed by atoms with Gasteiger partial charge in [-0.15, -0.1) is 5.10 Å². The number of rotatable bonds is 11. The Morgan fingerprint density at radius 3 is 2.88 bits per heavy atom. The second-order valence-electron chi connectivity index (χ2n) is 8.42. The Morgan fingerprint density at radius 2 is 2.09 bits per heavy atom. The molecule has 33 heavy (non-hydrogen) atoms. The van der Waals surface area contributed by atoms with E-state index in [2.05, 4.69) is 20.3 Å². The van der Waals surface area contributed by atoms with Gasteiger partial charge in [0.25, 0.3) is 0 Å². The summed E-state index contributed by atoms with van der Waals surface area (Å²) < 4.78 is 31.4. The third-order valence-corrected chi connectivity index (χ3v) is 5.24. The molecule has 1 aromatic heterocycles. The monoisotopic (exact) mass is 460 g/mol. The van der Waals surface area contributed by atoms with Crippen LogP contribution in [0.15, 0.2) is 41.6 Å². The second-order valence-corrected chi connectivity index (χ2v) is 8.42. The van der Waals surface area contributed by atoms with Crippen LogP contribution in [-0.2, 0) is 43.4 Å². The Balaban J connectivity index is 1.30. The molecule has 0 aliphatic carbocycles. The molecule has 2 aliphatic heterocycles. The van der Waals surface area contributed by atoms with E-state index in [1.54, 1.807) is 6.20 Å². The van der Waals surface area contributed by atoms with Crippen molar-refractivity contribution in [2.45, 2.75) is 70.1 Å². The zero-order valence-electron chi connectivity index (χ0n) is 18.6. The van der Waals surface area contributed by atoms with Crippen LogP contribution in [0.25, 0.3) is 10.4 Å². The number of aliphatic hydroxyl groups excluding tert-OH is 1. The molecular formula is C21H28N6O6. The Hall–Kier alpha value is -2.57. The normalized spacial score (nSPS) is 26.6. The number of benzene rings is 1. The lowest BCUT2D eigenvalue weighted by Gasteiger charge is -2.26. The van der Waals surface area contributed by atoms with Gasteiger partial charge < -0.3 is 28.8 Å². The van der Waals surface area contributed by atoms with Crippen LogP contribution in [0.4, 0.5) is 0 Å². The van der Waals surface area contributed by atoms with Crippen LogP contribution in [0.5, 0.6) is 0 Å². The maximum Gasteiger partial charge on any atom is 0.190 e. The first-order chi connectivity index (χ1) is 15.9. The molecule has 2 fully saturated rings. The number of aliphatic hydroxyl groups is 1. The highest BCUT2D eigenvalue weighted by Crippen LogP contribution is 2.39. The number of ether oxygens (including phenoxy) is 5. The van der Waals surface area contributed by atoms with Crippen molar-refractivity contribution in [2.24, 2.45) is 5.11 Å². The fraction of sp³-hybridized carbons (Fsp3) is 0.619. The minimum Gasteiger partial charge on any atom is -0.391 e. The van der Waals surface area contributed by atoms with E-state index in [0.717, 1.165) is 5.56 Å². The molecule has 12 heteroatoms. The highest BCUT2D eigenvalue weighted by Gasteiger charge is 2.55. The van der Waals surface area contributed by atoms with E-state index in [1.807, 2.05) is 44.2 Å². The highest BCUT2D eigenvalue weighted by atomic mass is 16.8. The van der Waals surface area contributed by atoms with Crippen LogP contribution in [0.3, 0.4) is 0 Å². The van der Waals surface area contributed by atoms with E-state index >= 15 is 0 Å². The summed E-state index contributed by atoms with van der Waals surface area (Å²) in [5.41, 5.74) is 9.97. The van der Waals surface area contributed by atoms with E-state index in [1.165, 1.54) is 4.68 Å². The standard InChI is InChI=1S/C21H28N6O6/c1-21(2)32-19-18(30-11-14-6-4-3-5-7-14)17(31-20(19)33-21)13-29-12-15-9-27(26-24-15)10-16(28)8-23-25-22/h3-7,9,16-20,28H,8,10-13H2,1-2H3/t16?,17-,18+,19-,20-/m1/s1. The first kappa shape index (κ1) is 23.6. The van der Waals surface area contributed by atoms with E-state index < -0.39 is 18.2 Å². The van der Waals surface area contributed by atoms with Gasteiger partial charge in [0.1, 0.15) is 24.0 Å². The summed E-state index contributed by atoms with van der Waals surface area (Å²) in [7, 11) is 0. The molecular weight excluding hydrogens is 432 g/mol. The van der Waals surface area contributed by atoms with E-state index in [-0.39, 0.29) is 44.6 Å². The molecule has 2 aliphatic rings. The summed E-state index contributed by atoms with van der Waals surface area (Å²) in [6, 6.07) is 9.90. The van der Waals surface area contributed by atoms with Crippen molar-refractivity contribution in [3.63, 3.8) is 0 Å². The van der Waals surface area contributed by atoms with Crippen molar-refractivity contribution in [1.29, 1.82) is 0 Å². The zero-order chi connectivity index (χ0) is 23.3. The van der Waals surface area contributed by atoms with Crippen molar-refractivity contribution in [1.82, 2.24) is 15.0 Å². The minimum atomic E-state index is -0.838. The first-order valence-electron chi connectivity index (χ1n) is 10.8. The van der Waals surface area contributed by atoms with E-state index in [9.17, 15) is 5.11 Å². The lowest BCUT2D eigenvalue weighted by atomic mass is 10.1. The van der Waals surface area contributed by atoms with Gasteiger partial charge in [-0.2, -0.15) is 0 Å². The smallest absolute Gasteiger partial charge is 0.190 e. The predicted molar refractivity (Wildman–Crippen MR) is 113 cm³/mol. The lowest BCUT2D eigenvalue weighted by Crippen LogP contribution is -2.38. The first-order valence-corrected chi connectivity index (χ1v) is 10.8. The summed E-state index contributed by atoms with van der Waals surface area (Å²) in [5, 5.41) is 21.1. The molecule has 1 aromatic carbocycles. The topological polar surface area (TPSA) is 146 Å². The molecule has 0 saturated carbocycles. The molecule has 1 N–H and O–H groups in total.